The van der Waals surface area contributed by atoms with Gasteiger partial charge in [-0.1, -0.05) is 23.4 Å². The highest BCUT2D eigenvalue weighted by molar-refractivity contribution is 7.98. The lowest BCUT2D eigenvalue weighted by Gasteiger charge is -2.02. The molecular formula is C13H11ClN2OS. The van der Waals surface area contributed by atoms with Crippen LogP contribution in [0.1, 0.15) is 16.1 Å². The molecule has 0 spiro atoms. The van der Waals surface area contributed by atoms with Gasteiger partial charge >= 0.3 is 0 Å². The Hall–Kier alpha value is -1.39. The Bertz CT molecular complexity index is 557. The van der Waals surface area contributed by atoms with Crippen molar-refractivity contribution >= 4 is 29.1 Å². The second kappa shape index (κ2) is 5.98. The number of benzene rings is 1. The summed E-state index contributed by atoms with van der Waals surface area (Å²) in [5.74, 6) is 0.0254. The first-order chi connectivity index (χ1) is 8.69. The van der Waals surface area contributed by atoms with Crippen LogP contribution in [0.15, 0.2) is 41.7 Å². The van der Waals surface area contributed by atoms with Crippen LogP contribution in [0.2, 0.25) is 5.02 Å². The van der Waals surface area contributed by atoms with Crippen LogP contribution in [0.5, 0.6) is 0 Å². The minimum absolute atomic E-state index is 0.0254. The molecule has 2 aromatic rings. The predicted octanol–water partition coefficient (Wildman–Crippen LogP) is 3.28. The summed E-state index contributed by atoms with van der Waals surface area (Å²) in [5.41, 5.74) is 1.37. The third kappa shape index (κ3) is 3.31. The smallest absolute Gasteiger partial charge is 0.187 e. The van der Waals surface area contributed by atoms with Gasteiger partial charge in [0.15, 0.2) is 10.9 Å². The zero-order valence-corrected chi connectivity index (χ0v) is 11.3. The fourth-order valence-corrected chi connectivity index (χ4v) is 1.98. The van der Waals surface area contributed by atoms with E-state index in [2.05, 4.69) is 9.97 Å². The maximum atomic E-state index is 12.0. The van der Waals surface area contributed by atoms with E-state index in [-0.39, 0.29) is 12.2 Å². The highest BCUT2D eigenvalue weighted by Gasteiger charge is 2.08. The quantitative estimate of drug-likeness (QED) is 0.489. The number of aromatic nitrogens is 2. The highest BCUT2D eigenvalue weighted by Crippen LogP contribution is 2.13. The van der Waals surface area contributed by atoms with E-state index in [0.717, 1.165) is 5.69 Å². The summed E-state index contributed by atoms with van der Waals surface area (Å²) in [6.45, 7) is 0. The summed E-state index contributed by atoms with van der Waals surface area (Å²) in [6, 6.07) is 8.63. The molecule has 0 N–H and O–H groups in total. The van der Waals surface area contributed by atoms with Gasteiger partial charge in [0, 0.05) is 16.8 Å². The molecule has 3 nitrogen and oxygen atoms in total. The van der Waals surface area contributed by atoms with Gasteiger partial charge in [-0.15, -0.1) is 0 Å². The van der Waals surface area contributed by atoms with Gasteiger partial charge in [-0.3, -0.25) is 4.79 Å². The number of ketones is 1. The molecule has 0 atom stereocenters. The lowest BCUT2D eigenvalue weighted by molar-refractivity contribution is 0.0992. The van der Waals surface area contributed by atoms with Crippen LogP contribution in [-0.2, 0) is 6.42 Å². The molecule has 1 aromatic heterocycles. The average molecular weight is 279 g/mol. The first-order valence-electron chi connectivity index (χ1n) is 5.33. The fraction of sp³-hybridized carbons (Fsp3) is 0.154. The van der Waals surface area contributed by atoms with Crippen LogP contribution < -0.4 is 0 Å². The van der Waals surface area contributed by atoms with Gasteiger partial charge in [-0.2, -0.15) is 0 Å². The van der Waals surface area contributed by atoms with Gasteiger partial charge in [0.2, 0.25) is 0 Å². The van der Waals surface area contributed by atoms with Crippen molar-refractivity contribution in [3.63, 3.8) is 0 Å². The van der Waals surface area contributed by atoms with E-state index in [1.165, 1.54) is 11.8 Å². The van der Waals surface area contributed by atoms with Crippen molar-refractivity contribution in [3.8, 4) is 0 Å². The Kier molecular flexibility index (Phi) is 4.33. The largest absolute Gasteiger partial charge is 0.294 e. The predicted molar refractivity (Wildman–Crippen MR) is 73.3 cm³/mol. The average Bonchev–Trinajstić information content (AvgIpc) is 2.39. The molecule has 0 aliphatic heterocycles. The highest BCUT2D eigenvalue weighted by atomic mass is 35.5. The monoisotopic (exact) mass is 278 g/mol. The van der Waals surface area contributed by atoms with E-state index in [0.29, 0.717) is 15.7 Å². The van der Waals surface area contributed by atoms with Crippen molar-refractivity contribution in [1.29, 1.82) is 0 Å². The molecule has 92 valence electrons. The Morgan fingerprint density at radius 3 is 2.67 bits per heavy atom. The summed E-state index contributed by atoms with van der Waals surface area (Å²) in [4.78, 5) is 20.4. The van der Waals surface area contributed by atoms with Crippen molar-refractivity contribution in [2.75, 3.05) is 6.26 Å². The molecule has 0 aliphatic rings. The Labute approximate surface area is 115 Å². The van der Waals surface area contributed by atoms with Crippen LogP contribution >= 0.6 is 23.4 Å². The number of halogens is 1. The molecule has 0 bridgehead atoms. The number of hydrogen-bond donors (Lipinski definition) is 0. The summed E-state index contributed by atoms with van der Waals surface area (Å²) >= 11 is 7.24. The summed E-state index contributed by atoms with van der Waals surface area (Å²) in [5, 5.41) is 1.30. The van der Waals surface area contributed by atoms with E-state index in [9.17, 15) is 4.79 Å². The molecular weight excluding hydrogens is 268 g/mol. The zero-order valence-electron chi connectivity index (χ0n) is 9.76. The van der Waals surface area contributed by atoms with Crippen molar-refractivity contribution in [2.45, 2.75) is 11.6 Å². The lowest BCUT2D eigenvalue weighted by atomic mass is 10.1. The zero-order chi connectivity index (χ0) is 13.0. The molecule has 0 saturated heterocycles. The first kappa shape index (κ1) is 13.1. The molecule has 1 aromatic carbocycles. The van der Waals surface area contributed by atoms with Gasteiger partial charge in [0.1, 0.15) is 0 Å². The molecule has 0 radical (unpaired) electrons. The third-order valence-electron chi connectivity index (χ3n) is 2.38. The molecule has 0 saturated carbocycles. The van der Waals surface area contributed by atoms with E-state index in [1.54, 1.807) is 36.5 Å². The van der Waals surface area contributed by atoms with Crippen LogP contribution in [-0.4, -0.2) is 22.0 Å². The molecule has 18 heavy (non-hydrogen) atoms. The maximum Gasteiger partial charge on any atom is 0.187 e. The number of hydrogen-bond acceptors (Lipinski definition) is 4. The van der Waals surface area contributed by atoms with Gasteiger partial charge < -0.3 is 0 Å². The van der Waals surface area contributed by atoms with Gasteiger partial charge in [-0.05, 0) is 36.6 Å². The van der Waals surface area contributed by atoms with Gasteiger partial charge in [0.05, 0.1) is 12.1 Å². The van der Waals surface area contributed by atoms with Crippen molar-refractivity contribution < 1.29 is 4.79 Å². The molecule has 0 fully saturated rings. The number of carbonyl (C=O) groups excluding carboxylic acids is 1. The summed E-state index contributed by atoms with van der Waals surface area (Å²) < 4.78 is 0. The minimum Gasteiger partial charge on any atom is -0.294 e. The molecule has 0 amide bonds. The normalized spacial score (nSPS) is 10.3. The third-order valence-corrected chi connectivity index (χ3v) is 3.20. The molecule has 0 aliphatic carbocycles. The molecule has 0 unspecified atom stereocenters. The lowest BCUT2D eigenvalue weighted by Crippen LogP contribution is -2.05. The topological polar surface area (TPSA) is 42.9 Å². The SMILES string of the molecule is CSc1nccc(CC(=O)c2ccc(Cl)cc2)n1. The van der Waals surface area contributed by atoms with Crippen LogP contribution in [0, 0.1) is 0 Å². The van der Waals surface area contributed by atoms with Crippen LogP contribution in [0.4, 0.5) is 0 Å². The Morgan fingerprint density at radius 2 is 2.00 bits per heavy atom. The van der Waals surface area contributed by atoms with Gasteiger partial charge in [0.25, 0.3) is 0 Å². The van der Waals surface area contributed by atoms with Crippen molar-refractivity contribution in [2.24, 2.45) is 0 Å². The Balaban J connectivity index is 2.13. The second-order valence-electron chi connectivity index (χ2n) is 3.64. The second-order valence-corrected chi connectivity index (χ2v) is 4.85. The van der Waals surface area contributed by atoms with Gasteiger partial charge in [-0.25, -0.2) is 9.97 Å². The summed E-state index contributed by atoms with van der Waals surface area (Å²) in [6.07, 6.45) is 3.85. The number of rotatable bonds is 4. The van der Waals surface area contributed by atoms with Crippen molar-refractivity contribution in [1.82, 2.24) is 9.97 Å². The first-order valence-corrected chi connectivity index (χ1v) is 6.94. The van der Waals surface area contributed by atoms with Crippen molar-refractivity contribution in [3.05, 3.63) is 52.8 Å². The van der Waals surface area contributed by atoms with E-state index in [1.807, 2.05) is 6.26 Å². The molecule has 2 rings (SSSR count). The Morgan fingerprint density at radius 1 is 1.28 bits per heavy atom. The fourth-order valence-electron chi connectivity index (χ4n) is 1.48. The summed E-state index contributed by atoms with van der Waals surface area (Å²) in [7, 11) is 0. The van der Waals surface area contributed by atoms with E-state index < -0.39 is 0 Å². The molecule has 1 heterocycles. The van der Waals surface area contributed by atoms with Crippen LogP contribution in [0.25, 0.3) is 0 Å². The number of thioether (sulfide) groups is 1. The molecule has 5 heteroatoms. The number of Topliss-reactive ketones (excluding diaryl/α,β-unsaturated/α-hetero) is 1. The maximum absolute atomic E-state index is 12.0. The number of carbonyl (C=O) groups is 1. The van der Waals surface area contributed by atoms with Crippen LogP contribution in [0.3, 0.4) is 0 Å². The number of nitrogens with zero attached hydrogens (tertiary/aromatic N) is 2. The van der Waals surface area contributed by atoms with E-state index in [4.69, 9.17) is 11.6 Å². The van der Waals surface area contributed by atoms with E-state index >= 15 is 0 Å². The standard InChI is InChI=1S/C13H11ClN2OS/c1-18-13-15-7-6-11(16-13)8-12(17)9-2-4-10(14)5-3-9/h2-7H,8H2,1H3. The minimum atomic E-state index is 0.0254.